The second-order valence-corrected chi connectivity index (χ2v) is 5.05. The highest BCUT2D eigenvalue weighted by Crippen LogP contribution is 2.23. The third kappa shape index (κ3) is 3.72. The number of aliphatic hydroxyl groups excluding tert-OH is 1. The Balaban J connectivity index is 1.86. The SMILES string of the molecule is COc1ccccc1NC(=O)NCC(O)c1cccs1. The summed E-state index contributed by atoms with van der Waals surface area (Å²) in [4.78, 5) is 12.6. The predicted molar refractivity (Wildman–Crippen MR) is 79.3 cm³/mol. The maximum atomic E-state index is 11.8. The molecule has 1 aromatic carbocycles. The number of rotatable bonds is 5. The number of carbonyl (C=O) groups is 1. The van der Waals surface area contributed by atoms with Gasteiger partial charge in [-0.3, -0.25) is 0 Å². The van der Waals surface area contributed by atoms with Gasteiger partial charge in [-0.25, -0.2) is 4.79 Å². The monoisotopic (exact) mass is 292 g/mol. The third-order valence-corrected chi connectivity index (χ3v) is 3.66. The summed E-state index contributed by atoms with van der Waals surface area (Å²) in [5, 5.41) is 17.1. The van der Waals surface area contributed by atoms with Crippen molar-refractivity contribution in [1.82, 2.24) is 5.32 Å². The normalized spacial score (nSPS) is 11.7. The van der Waals surface area contributed by atoms with E-state index < -0.39 is 6.10 Å². The molecule has 20 heavy (non-hydrogen) atoms. The number of carbonyl (C=O) groups excluding carboxylic acids is 1. The number of nitrogens with one attached hydrogen (secondary N) is 2. The number of hydrogen-bond donors (Lipinski definition) is 3. The van der Waals surface area contributed by atoms with Gasteiger partial charge in [-0.15, -0.1) is 11.3 Å². The number of aliphatic hydroxyl groups is 1. The van der Waals surface area contributed by atoms with Gasteiger partial charge in [-0.05, 0) is 23.6 Å². The highest BCUT2D eigenvalue weighted by Gasteiger charge is 2.11. The van der Waals surface area contributed by atoms with Crippen LogP contribution in [0.1, 0.15) is 11.0 Å². The van der Waals surface area contributed by atoms with Crippen LogP contribution in [0.2, 0.25) is 0 Å². The molecule has 1 aromatic heterocycles. The lowest BCUT2D eigenvalue weighted by Crippen LogP contribution is -2.32. The largest absolute Gasteiger partial charge is 0.495 e. The van der Waals surface area contributed by atoms with Gasteiger partial charge in [0, 0.05) is 4.88 Å². The smallest absolute Gasteiger partial charge is 0.319 e. The average molecular weight is 292 g/mol. The zero-order valence-electron chi connectivity index (χ0n) is 11.0. The first-order valence-electron chi connectivity index (χ1n) is 6.10. The summed E-state index contributed by atoms with van der Waals surface area (Å²) in [5.74, 6) is 0.585. The van der Waals surface area contributed by atoms with Crippen LogP contribution >= 0.6 is 11.3 Å². The Kier molecular flexibility index (Phi) is 4.97. The van der Waals surface area contributed by atoms with Crippen LogP contribution in [-0.2, 0) is 0 Å². The Hall–Kier alpha value is -2.05. The zero-order chi connectivity index (χ0) is 14.4. The number of methoxy groups -OCH3 is 1. The van der Waals surface area contributed by atoms with Crippen LogP contribution < -0.4 is 15.4 Å². The minimum atomic E-state index is -0.696. The molecule has 0 aliphatic carbocycles. The van der Waals surface area contributed by atoms with Crippen molar-refractivity contribution in [3.8, 4) is 5.75 Å². The Labute approximate surface area is 121 Å². The van der Waals surface area contributed by atoms with Crippen LogP contribution in [0.25, 0.3) is 0 Å². The van der Waals surface area contributed by atoms with Crippen molar-refractivity contribution in [2.24, 2.45) is 0 Å². The van der Waals surface area contributed by atoms with Gasteiger partial charge in [-0.1, -0.05) is 18.2 Å². The van der Waals surface area contributed by atoms with Crippen molar-refractivity contribution in [3.05, 3.63) is 46.7 Å². The number of urea groups is 1. The molecule has 0 saturated carbocycles. The summed E-state index contributed by atoms with van der Waals surface area (Å²) < 4.78 is 5.14. The highest BCUT2D eigenvalue weighted by atomic mass is 32.1. The number of hydrogen-bond acceptors (Lipinski definition) is 4. The van der Waals surface area contributed by atoms with Crippen molar-refractivity contribution in [2.45, 2.75) is 6.10 Å². The van der Waals surface area contributed by atoms with E-state index in [-0.39, 0.29) is 12.6 Å². The predicted octanol–water partition coefficient (Wildman–Crippen LogP) is 2.61. The van der Waals surface area contributed by atoms with E-state index in [1.165, 1.54) is 11.3 Å². The number of anilines is 1. The van der Waals surface area contributed by atoms with Crippen LogP contribution in [0.3, 0.4) is 0 Å². The molecule has 0 spiro atoms. The van der Waals surface area contributed by atoms with Gasteiger partial charge < -0.3 is 20.5 Å². The summed E-state index contributed by atoms with van der Waals surface area (Å²) in [6.45, 7) is 0.154. The molecule has 5 nitrogen and oxygen atoms in total. The first kappa shape index (κ1) is 14.4. The highest BCUT2D eigenvalue weighted by molar-refractivity contribution is 7.10. The molecule has 106 valence electrons. The molecule has 0 saturated heterocycles. The van der Waals surface area contributed by atoms with Crippen LogP contribution in [0.4, 0.5) is 10.5 Å². The Bertz CT molecular complexity index is 557. The fourth-order valence-electron chi connectivity index (χ4n) is 1.69. The topological polar surface area (TPSA) is 70.6 Å². The van der Waals surface area contributed by atoms with Gasteiger partial charge in [0.15, 0.2) is 0 Å². The van der Waals surface area contributed by atoms with E-state index in [0.717, 1.165) is 4.88 Å². The lowest BCUT2D eigenvalue weighted by Gasteiger charge is -2.13. The van der Waals surface area contributed by atoms with Gasteiger partial charge in [0.25, 0.3) is 0 Å². The standard InChI is InChI=1S/C14H16N2O3S/c1-19-12-6-3-2-5-10(12)16-14(18)15-9-11(17)13-7-4-8-20-13/h2-8,11,17H,9H2,1H3,(H2,15,16,18). The van der Waals surface area contributed by atoms with Gasteiger partial charge in [-0.2, -0.15) is 0 Å². The molecule has 1 unspecified atom stereocenters. The molecule has 2 aromatic rings. The number of amides is 2. The second kappa shape index (κ2) is 6.93. The Morgan fingerprint density at radius 1 is 1.35 bits per heavy atom. The van der Waals surface area contributed by atoms with Crippen LogP contribution in [0.5, 0.6) is 5.75 Å². The molecule has 2 rings (SSSR count). The molecule has 0 bridgehead atoms. The third-order valence-electron chi connectivity index (χ3n) is 2.68. The number of ether oxygens (including phenoxy) is 1. The first-order valence-corrected chi connectivity index (χ1v) is 6.98. The van der Waals surface area contributed by atoms with E-state index in [9.17, 15) is 9.90 Å². The van der Waals surface area contributed by atoms with Crippen LogP contribution in [0, 0.1) is 0 Å². The molecule has 2 amide bonds. The summed E-state index contributed by atoms with van der Waals surface area (Å²) in [6, 6.07) is 10.4. The van der Waals surface area contributed by atoms with Crippen molar-refractivity contribution < 1.29 is 14.6 Å². The molecule has 1 atom stereocenters. The zero-order valence-corrected chi connectivity index (χ0v) is 11.8. The number of thiophene rings is 1. The fourth-order valence-corrected chi connectivity index (χ4v) is 2.40. The lowest BCUT2D eigenvalue weighted by atomic mass is 10.3. The van der Waals surface area contributed by atoms with Crippen molar-refractivity contribution in [3.63, 3.8) is 0 Å². The van der Waals surface area contributed by atoms with E-state index in [1.807, 2.05) is 23.6 Å². The number of para-hydroxylation sites is 2. The van der Waals surface area contributed by atoms with E-state index >= 15 is 0 Å². The molecule has 0 aliphatic rings. The van der Waals surface area contributed by atoms with Crippen molar-refractivity contribution in [1.29, 1.82) is 0 Å². The van der Waals surface area contributed by atoms with Gasteiger partial charge in [0.2, 0.25) is 0 Å². The van der Waals surface area contributed by atoms with E-state index in [2.05, 4.69) is 10.6 Å². The van der Waals surface area contributed by atoms with Crippen molar-refractivity contribution >= 4 is 23.1 Å². The quantitative estimate of drug-likeness (QED) is 0.793. The van der Waals surface area contributed by atoms with E-state index in [4.69, 9.17) is 4.74 Å². The average Bonchev–Trinajstić information content (AvgIpc) is 2.99. The van der Waals surface area contributed by atoms with Crippen LogP contribution in [-0.4, -0.2) is 24.8 Å². The molecule has 0 fully saturated rings. The molecule has 0 aliphatic heterocycles. The molecule has 1 heterocycles. The maximum absolute atomic E-state index is 11.8. The molecular weight excluding hydrogens is 276 g/mol. The Morgan fingerprint density at radius 2 is 2.15 bits per heavy atom. The maximum Gasteiger partial charge on any atom is 0.319 e. The first-order chi connectivity index (χ1) is 9.70. The molecule has 3 N–H and O–H groups in total. The minimum Gasteiger partial charge on any atom is -0.495 e. The van der Waals surface area contributed by atoms with Gasteiger partial charge >= 0.3 is 6.03 Å². The summed E-state index contributed by atoms with van der Waals surface area (Å²) in [6.07, 6.45) is -0.696. The molecular formula is C14H16N2O3S. The van der Waals surface area contributed by atoms with Gasteiger partial charge in [0.1, 0.15) is 11.9 Å². The van der Waals surface area contributed by atoms with E-state index in [1.54, 1.807) is 25.3 Å². The summed E-state index contributed by atoms with van der Waals surface area (Å²) in [7, 11) is 1.54. The van der Waals surface area contributed by atoms with E-state index in [0.29, 0.717) is 11.4 Å². The molecule has 6 heteroatoms. The van der Waals surface area contributed by atoms with Gasteiger partial charge in [0.05, 0.1) is 19.3 Å². The summed E-state index contributed by atoms with van der Waals surface area (Å²) >= 11 is 1.45. The Morgan fingerprint density at radius 3 is 2.85 bits per heavy atom. The van der Waals surface area contributed by atoms with Crippen molar-refractivity contribution in [2.75, 3.05) is 19.0 Å². The summed E-state index contributed by atoms with van der Waals surface area (Å²) in [5.41, 5.74) is 0.582. The number of benzene rings is 1. The second-order valence-electron chi connectivity index (χ2n) is 4.07. The lowest BCUT2D eigenvalue weighted by molar-refractivity contribution is 0.178. The molecule has 0 radical (unpaired) electrons. The minimum absolute atomic E-state index is 0.154. The van der Waals surface area contributed by atoms with Crippen LogP contribution in [0.15, 0.2) is 41.8 Å². The fraction of sp³-hybridized carbons (Fsp3) is 0.214.